The number of halogens is 1. The minimum atomic E-state index is 0.738. The summed E-state index contributed by atoms with van der Waals surface area (Å²) >= 11 is 5.89. The first-order valence-corrected chi connectivity index (χ1v) is 8.01. The van der Waals surface area contributed by atoms with Crippen LogP contribution in [0, 0.1) is 11.8 Å². The summed E-state index contributed by atoms with van der Waals surface area (Å²) in [5.41, 5.74) is 1.37. The summed E-state index contributed by atoms with van der Waals surface area (Å²) in [6.07, 6.45) is 6.60. The van der Waals surface area contributed by atoms with E-state index in [9.17, 15) is 0 Å². The zero-order chi connectivity index (χ0) is 13.7. The van der Waals surface area contributed by atoms with Gasteiger partial charge in [0.15, 0.2) is 0 Å². The molecule has 106 valence electrons. The van der Waals surface area contributed by atoms with Gasteiger partial charge in [-0.1, -0.05) is 37.6 Å². The van der Waals surface area contributed by atoms with E-state index in [4.69, 9.17) is 11.6 Å². The second-order valence-corrected chi connectivity index (χ2v) is 6.62. The minimum Gasteiger partial charge on any atom is -0.314 e. The molecule has 0 atom stereocenters. The van der Waals surface area contributed by atoms with Crippen molar-refractivity contribution in [1.82, 2.24) is 5.32 Å². The fourth-order valence-corrected chi connectivity index (χ4v) is 3.19. The monoisotopic (exact) mass is 279 g/mol. The van der Waals surface area contributed by atoms with Crippen LogP contribution >= 0.6 is 11.6 Å². The number of hydrogen-bond acceptors (Lipinski definition) is 1. The Morgan fingerprint density at radius 2 is 1.74 bits per heavy atom. The Morgan fingerprint density at radius 3 is 2.32 bits per heavy atom. The van der Waals surface area contributed by atoms with Gasteiger partial charge >= 0.3 is 0 Å². The van der Waals surface area contributed by atoms with Crippen molar-refractivity contribution in [2.75, 3.05) is 6.54 Å². The standard InChI is InChI=1S/C17H26ClN/c1-13(2)15-5-9-17(10-6-15)19-12-11-14-3-7-16(18)8-4-14/h3-4,7-8,13,15,17,19H,5-6,9-12H2,1-2H3. The highest BCUT2D eigenvalue weighted by molar-refractivity contribution is 6.30. The topological polar surface area (TPSA) is 12.0 Å². The van der Waals surface area contributed by atoms with Gasteiger partial charge in [0, 0.05) is 11.1 Å². The second-order valence-electron chi connectivity index (χ2n) is 6.19. The number of benzene rings is 1. The molecule has 1 fully saturated rings. The number of rotatable bonds is 5. The number of hydrogen-bond donors (Lipinski definition) is 1. The van der Waals surface area contributed by atoms with E-state index < -0.39 is 0 Å². The van der Waals surface area contributed by atoms with Crippen LogP contribution in [0.4, 0.5) is 0 Å². The summed E-state index contributed by atoms with van der Waals surface area (Å²) in [7, 11) is 0. The van der Waals surface area contributed by atoms with Crippen LogP contribution < -0.4 is 5.32 Å². The molecule has 0 amide bonds. The van der Waals surface area contributed by atoms with Crippen molar-refractivity contribution in [2.24, 2.45) is 11.8 Å². The molecular formula is C17H26ClN. The van der Waals surface area contributed by atoms with Crippen LogP contribution in [-0.4, -0.2) is 12.6 Å². The van der Waals surface area contributed by atoms with Crippen molar-refractivity contribution in [2.45, 2.75) is 52.0 Å². The maximum Gasteiger partial charge on any atom is 0.0406 e. The highest BCUT2D eigenvalue weighted by Gasteiger charge is 2.22. The van der Waals surface area contributed by atoms with E-state index in [2.05, 4.69) is 31.3 Å². The van der Waals surface area contributed by atoms with E-state index in [0.29, 0.717) is 0 Å². The van der Waals surface area contributed by atoms with Gasteiger partial charge in [-0.05, 0) is 68.2 Å². The van der Waals surface area contributed by atoms with Crippen LogP contribution in [0.5, 0.6) is 0 Å². The molecule has 0 aromatic heterocycles. The Labute approximate surface area is 122 Å². The molecule has 1 aliphatic rings. The smallest absolute Gasteiger partial charge is 0.0406 e. The van der Waals surface area contributed by atoms with E-state index in [1.807, 2.05) is 12.1 Å². The van der Waals surface area contributed by atoms with Crippen LogP contribution in [0.15, 0.2) is 24.3 Å². The van der Waals surface area contributed by atoms with Crippen LogP contribution in [0.1, 0.15) is 45.1 Å². The van der Waals surface area contributed by atoms with Gasteiger partial charge in [-0.2, -0.15) is 0 Å². The van der Waals surface area contributed by atoms with E-state index in [1.54, 1.807) is 0 Å². The van der Waals surface area contributed by atoms with Crippen LogP contribution in [0.3, 0.4) is 0 Å². The van der Waals surface area contributed by atoms with Crippen LogP contribution in [0.2, 0.25) is 5.02 Å². The Kier molecular flexibility index (Phi) is 5.72. The van der Waals surface area contributed by atoms with E-state index >= 15 is 0 Å². The third-order valence-electron chi connectivity index (χ3n) is 4.47. The van der Waals surface area contributed by atoms with Crippen molar-refractivity contribution >= 4 is 11.6 Å². The summed E-state index contributed by atoms with van der Waals surface area (Å²) in [6.45, 7) is 5.80. The van der Waals surface area contributed by atoms with Gasteiger partial charge in [-0.3, -0.25) is 0 Å². The summed E-state index contributed by atoms with van der Waals surface area (Å²) < 4.78 is 0. The lowest BCUT2D eigenvalue weighted by atomic mass is 9.80. The fraction of sp³-hybridized carbons (Fsp3) is 0.647. The van der Waals surface area contributed by atoms with Gasteiger partial charge in [0.2, 0.25) is 0 Å². The van der Waals surface area contributed by atoms with Gasteiger partial charge in [-0.25, -0.2) is 0 Å². The Bertz CT molecular complexity index is 363. The molecule has 0 bridgehead atoms. The Balaban J connectivity index is 1.65. The molecule has 2 heteroatoms. The molecule has 0 saturated heterocycles. The zero-order valence-electron chi connectivity index (χ0n) is 12.2. The maximum absolute atomic E-state index is 5.89. The molecule has 0 radical (unpaired) electrons. The predicted molar refractivity (Wildman–Crippen MR) is 83.7 cm³/mol. The van der Waals surface area contributed by atoms with Crippen LogP contribution in [-0.2, 0) is 6.42 Å². The zero-order valence-corrected chi connectivity index (χ0v) is 12.9. The van der Waals surface area contributed by atoms with E-state index in [-0.39, 0.29) is 0 Å². The Morgan fingerprint density at radius 1 is 1.11 bits per heavy atom. The first-order chi connectivity index (χ1) is 9.15. The summed E-state index contributed by atoms with van der Waals surface area (Å²) in [5, 5.41) is 4.53. The third-order valence-corrected chi connectivity index (χ3v) is 4.73. The molecular weight excluding hydrogens is 254 g/mol. The molecule has 0 aliphatic heterocycles. The molecule has 1 N–H and O–H groups in total. The van der Waals surface area contributed by atoms with E-state index in [1.165, 1.54) is 31.2 Å². The average molecular weight is 280 g/mol. The van der Waals surface area contributed by atoms with Crippen molar-refractivity contribution in [1.29, 1.82) is 0 Å². The molecule has 0 spiro atoms. The van der Waals surface area contributed by atoms with Gasteiger partial charge in [0.25, 0.3) is 0 Å². The van der Waals surface area contributed by atoms with Crippen LogP contribution in [0.25, 0.3) is 0 Å². The molecule has 1 aliphatic carbocycles. The highest BCUT2D eigenvalue weighted by atomic mass is 35.5. The molecule has 1 aromatic carbocycles. The first-order valence-electron chi connectivity index (χ1n) is 7.63. The lowest BCUT2D eigenvalue weighted by Crippen LogP contribution is -2.35. The van der Waals surface area contributed by atoms with E-state index in [0.717, 1.165) is 35.9 Å². The molecule has 0 heterocycles. The molecule has 19 heavy (non-hydrogen) atoms. The van der Waals surface area contributed by atoms with Crippen molar-refractivity contribution in [3.05, 3.63) is 34.9 Å². The highest BCUT2D eigenvalue weighted by Crippen LogP contribution is 2.29. The molecule has 1 nitrogen and oxygen atoms in total. The largest absolute Gasteiger partial charge is 0.314 e. The first kappa shape index (κ1) is 14.9. The lowest BCUT2D eigenvalue weighted by Gasteiger charge is -2.31. The van der Waals surface area contributed by atoms with Gasteiger partial charge < -0.3 is 5.32 Å². The Hall–Kier alpha value is -0.530. The minimum absolute atomic E-state index is 0.738. The summed E-state index contributed by atoms with van der Waals surface area (Å²) in [5.74, 6) is 1.81. The number of nitrogens with one attached hydrogen (secondary N) is 1. The second kappa shape index (κ2) is 7.31. The quantitative estimate of drug-likeness (QED) is 0.825. The lowest BCUT2D eigenvalue weighted by molar-refractivity contribution is 0.239. The molecule has 2 rings (SSSR count). The summed E-state index contributed by atoms with van der Waals surface area (Å²) in [4.78, 5) is 0. The normalized spacial score (nSPS) is 23.8. The van der Waals surface area contributed by atoms with Crippen molar-refractivity contribution in [3.63, 3.8) is 0 Å². The van der Waals surface area contributed by atoms with Crippen molar-refractivity contribution < 1.29 is 0 Å². The molecule has 0 unspecified atom stereocenters. The maximum atomic E-state index is 5.89. The third kappa shape index (κ3) is 4.81. The van der Waals surface area contributed by atoms with Gasteiger partial charge in [0.05, 0.1) is 0 Å². The molecule has 1 aromatic rings. The van der Waals surface area contributed by atoms with Crippen molar-refractivity contribution in [3.8, 4) is 0 Å². The summed E-state index contributed by atoms with van der Waals surface area (Å²) in [6, 6.07) is 8.94. The molecule has 1 saturated carbocycles. The predicted octanol–water partition coefficient (Wildman–Crippen LogP) is 4.69. The van der Waals surface area contributed by atoms with Gasteiger partial charge in [-0.15, -0.1) is 0 Å². The van der Waals surface area contributed by atoms with Gasteiger partial charge in [0.1, 0.15) is 0 Å². The fourth-order valence-electron chi connectivity index (χ4n) is 3.06. The average Bonchev–Trinajstić information content (AvgIpc) is 2.41. The SMILES string of the molecule is CC(C)C1CCC(NCCc2ccc(Cl)cc2)CC1.